The minimum atomic E-state index is 0.489. The fraction of sp³-hybridized carbons (Fsp3) is 0.385. The lowest BCUT2D eigenvalue weighted by Gasteiger charge is -2.07. The molecule has 2 aromatic rings. The Kier molecular flexibility index (Phi) is 3.33. The van der Waals surface area contributed by atoms with Crippen LogP contribution in [-0.4, -0.2) is 29.9 Å². The SMILES string of the molecule is NCCc1nc(-c2ccc3c(c2)OCCCO3)no1. The predicted octanol–water partition coefficient (Wildman–Crippen LogP) is 1.40. The molecule has 0 bridgehead atoms. The summed E-state index contributed by atoms with van der Waals surface area (Å²) in [5, 5.41) is 3.94. The van der Waals surface area contributed by atoms with Crippen molar-refractivity contribution in [1.29, 1.82) is 0 Å². The number of nitrogens with zero attached hydrogens (tertiary/aromatic N) is 2. The Morgan fingerprint density at radius 3 is 2.84 bits per heavy atom. The van der Waals surface area contributed by atoms with E-state index in [-0.39, 0.29) is 0 Å². The van der Waals surface area contributed by atoms with Crippen LogP contribution in [0.1, 0.15) is 12.3 Å². The molecule has 0 spiro atoms. The van der Waals surface area contributed by atoms with E-state index in [0.717, 1.165) is 23.5 Å². The number of nitrogens with two attached hydrogens (primary N) is 1. The van der Waals surface area contributed by atoms with E-state index >= 15 is 0 Å². The topological polar surface area (TPSA) is 83.4 Å². The Balaban J connectivity index is 1.89. The third-order valence-corrected chi connectivity index (χ3v) is 2.83. The zero-order valence-corrected chi connectivity index (χ0v) is 10.5. The molecule has 6 nitrogen and oxygen atoms in total. The number of benzene rings is 1. The van der Waals surface area contributed by atoms with Crippen LogP contribution in [0.5, 0.6) is 11.5 Å². The molecule has 0 saturated heterocycles. The maximum atomic E-state index is 5.63. The van der Waals surface area contributed by atoms with Crippen LogP contribution < -0.4 is 15.2 Å². The van der Waals surface area contributed by atoms with Gasteiger partial charge in [-0.25, -0.2) is 0 Å². The van der Waals surface area contributed by atoms with Crippen molar-refractivity contribution < 1.29 is 14.0 Å². The Morgan fingerprint density at radius 2 is 2.00 bits per heavy atom. The molecular weight excluding hydrogens is 246 g/mol. The molecule has 0 aliphatic carbocycles. The molecule has 1 aromatic heterocycles. The molecule has 0 amide bonds. The summed E-state index contributed by atoms with van der Waals surface area (Å²) in [6.07, 6.45) is 1.46. The number of hydrogen-bond acceptors (Lipinski definition) is 6. The van der Waals surface area contributed by atoms with E-state index in [1.54, 1.807) is 0 Å². The van der Waals surface area contributed by atoms with Crippen molar-refractivity contribution in [2.24, 2.45) is 5.73 Å². The van der Waals surface area contributed by atoms with Crippen molar-refractivity contribution in [2.45, 2.75) is 12.8 Å². The third kappa shape index (κ3) is 2.53. The monoisotopic (exact) mass is 261 g/mol. The Hall–Kier alpha value is -2.08. The summed E-state index contributed by atoms with van der Waals surface area (Å²) >= 11 is 0. The van der Waals surface area contributed by atoms with Crippen LogP contribution in [0.25, 0.3) is 11.4 Å². The van der Waals surface area contributed by atoms with Crippen molar-refractivity contribution in [3.63, 3.8) is 0 Å². The first-order valence-electron chi connectivity index (χ1n) is 6.29. The molecule has 100 valence electrons. The summed E-state index contributed by atoms with van der Waals surface area (Å²) in [7, 11) is 0. The van der Waals surface area contributed by atoms with E-state index in [2.05, 4.69) is 10.1 Å². The van der Waals surface area contributed by atoms with Gasteiger partial charge in [-0.05, 0) is 18.2 Å². The van der Waals surface area contributed by atoms with E-state index in [9.17, 15) is 0 Å². The first kappa shape index (κ1) is 12.0. The molecule has 19 heavy (non-hydrogen) atoms. The van der Waals surface area contributed by atoms with Gasteiger partial charge in [0.05, 0.1) is 13.2 Å². The lowest BCUT2D eigenvalue weighted by Crippen LogP contribution is -2.02. The van der Waals surface area contributed by atoms with E-state index in [4.69, 9.17) is 19.7 Å². The second kappa shape index (κ2) is 5.27. The van der Waals surface area contributed by atoms with Gasteiger partial charge in [-0.3, -0.25) is 0 Å². The molecule has 6 heteroatoms. The van der Waals surface area contributed by atoms with Gasteiger partial charge in [-0.2, -0.15) is 4.98 Å². The first-order valence-corrected chi connectivity index (χ1v) is 6.29. The average molecular weight is 261 g/mol. The van der Waals surface area contributed by atoms with Gasteiger partial charge in [0.15, 0.2) is 11.5 Å². The molecular formula is C13H15N3O3. The molecule has 0 fully saturated rings. The van der Waals surface area contributed by atoms with Crippen LogP contribution in [0.3, 0.4) is 0 Å². The van der Waals surface area contributed by atoms with E-state index in [0.29, 0.717) is 37.9 Å². The quantitative estimate of drug-likeness (QED) is 0.899. The number of ether oxygens (including phenoxy) is 2. The maximum Gasteiger partial charge on any atom is 0.228 e. The largest absolute Gasteiger partial charge is 0.490 e. The standard InChI is InChI=1S/C13H15N3O3/c14-5-4-12-15-13(16-19-12)9-2-3-10-11(8-9)18-7-1-6-17-10/h2-3,8H,1,4-7,14H2. The Bertz CT molecular complexity index is 568. The van der Waals surface area contributed by atoms with Gasteiger partial charge in [0.25, 0.3) is 0 Å². The van der Waals surface area contributed by atoms with Gasteiger partial charge in [0.1, 0.15) is 0 Å². The van der Waals surface area contributed by atoms with Gasteiger partial charge < -0.3 is 19.7 Å². The zero-order chi connectivity index (χ0) is 13.1. The smallest absolute Gasteiger partial charge is 0.228 e. The van der Waals surface area contributed by atoms with Gasteiger partial charge >= 0.3 is 0 Å². The molecule has 3 rings (SSSR count). The Morgan fingerprint density at radius 1 is 1.16 bits per heavy atom. The lowest BCUT2D eigenvalue weighted by molar-refractivity contribution is 0.297. The highest BCUT2D eigenvalue weighted by Gasteiger charge is 2.14. The van der Waals surface area contributed by atoms with Gasteiger partial charge in [-0.15, -0.1) is 0 Å². The molecule has 1 aliphatic rings. The lowest BCUT2D eigenvalue weighted by atomic mass is 10.2. The highest BCUT2D eigenvalue weighted by Crippen LogP contribution is 2.33. The minimum Gasteiger partial charge on any atom is -0.490 e. The van der Waals surface area contributed by atoms with Crippen LogP contribution in [0.15, 0.2) is 22.7 Å². The normalized spacial score (nSPS) is 14.2. The van der Waals surface area contributed by atoms with Crippen molar-refractivity contribution >= 4 is 0 Å². The maximum absolute atomic E-state index is 5.63. The summed E-state index contributed by atoms with van der Waals surface area (Å²) in [6.45, 7) is 1.82. The fourth-order valence-electron chi connectivity index (χ4n) is 1.90. The van der Waals surface area contributed by atoms with Crippen molar-refractivity contribution in [3.05, 3.63) is 24.1 Å². The van der Waals surface area contributed by atoms with Crippen LogP contribution in [0.4, 0.5) is 0 Å². The van der Waals surface area contributed by atoms with E-state index in [1.807, 2.05) is 18.2 Å². The molecule has 0 radical (unpaired) electrons. The predicted molar refractivity (Wildman–Crippen MR) is 68.1 cm³/mol. The average Bonchev–Trinajstić information content (AvgIpc) is 2.76. The van der Waals surface area contributed by atoms with Crippen LogP contribution in [0, 0.1) is 0 Å². The fourth-order valence-corrected chi connectivity index (χ4v) is 1.90. The molecule has 1 aliphatic heterocycles. The van der Waals surface area contributed by atoms with Crippen molar-refractivity contribution in [2.75, 3.05) is 19.8 Å². The highest BCUT2D eigenvalue weighted by atomic mass is 16.5. The summed E-state index contributed by atoms with van der Waals surface area (Å²) in [5.41, 5.74) is 6.30. The molecule has 2 heterocycles. The number of aromatic nitrogens is 2. The summed E-state index contributed by atoms with van der Waals surface area (Å²) in [6, 6.07) is 5.64. The van der Waals surface area contributed by atoms with Crippen molar-refractivity contribution in [3.8, 4) is 22.9 Å². The van der Waals surface area contributed by atoms with Crippen LogP contribution >= 0.6 is 0 Å². The van der Waals surface area contributed by atoms with Crippen molar-refractivity contribution in [1.82, 2.24) is 10.1 Å². The molecule has 0 atom stereocenters. The zero-order valence-electron chi connectivity index (χ0n) is 10.5. The molecule has 1 aromatic carbocycles. The second-order valence-corrected chi connectivity index (χ2v) is 4.26. The third-order valence-electron chi connectivity index (χ3n) is 2.83. The Labute approximate surface area is 110 Å². The number of hydrogen-bond donors (Lipinski definition) is 1. The van der Waals surface area contributed by atoms with Crippen LogP contribution in [0.2, 0.25) is 0 Å². The summed E-state index contributed by atoms with van der Waals surface area (Å²) in [4.78, 5) is 4.29. The van der Waals surface area contributed by atoms with Crippen LogP contribution in [-0.2, 0) is 6.42 Å². The first-order chi connectivity index (χ1) is 9.36. The minimum absolute atomic E-state index is 0.489. The van der Waals surface area contributed by atoms with Gasteiger partial charge in [0.2, 0.25) is 11.7 Å². The number of fused-ring (bicyclic) bond motifs is 1. The molecule has 0 unspecified atom stereocenters. The second-order valence-electron chi connectivity index (χ2n) is 4.26. The molecule has 0 saturated carbocycles. The van der Waals surface area contributed by atoms with E-state index in [1.165, 1.54) is 0 Å². The highest BCUT2D eigenvalue weighted by molar-refractivity contribution is 5.60. The summed E-state index contributed by atoms with van der Waals surface area (Å²) in [5.74, 6) is 2.57. The van der Waals surface area contributed by atoms with Gasteiger partial charge in [-0.1, -0.05) is 5.16 Å². The number of rotatable bonds is 3. The molecule has 2 N–H and O–H groups in total. The van der Waals surface area contributed by atoms with Gasteiger partial charge in [0, 0.05) is 24.9 Å². The summed E-state index contributed by atoms with van der Waals surface area (Å²) < 4.78 is 16.3. The van der Waals surface area contributed by atoms with E-state index < -0.39 is 0 Å².